The van der Waals surface area contributed by atoms with Crippen molar-refractivity contribution < 1.29 is 35.9 Å². The fraction of sp³-hybridized carbons (Fsp3) is 0.516. The van der Waals surface area contributed by atoms with Crippen LogP contribution in [-0.2, 0) is 35.0 Å². The van der Waals surface area contributed by atoms with E-state index in [0.29, 0.717) is 56.0 Å². The number of aromatic nitrogens is 4. The molecular formula is C31H37F6N7O3Si. The van der Waals surface area contributed by atoms with E-state index in [0.717, 1.165) is 30.1 Å². The Morgan fingerprint density at radius 3 is 2.27 bits per heavy atom. The minimum Gasteiger partial charge on any atom is -0.359 e. The first-order chi connectivity index (χ1) is 22.5. The number of alkyl halides is 6. The Kier molecular flexibility index (Phi) is 10.2. The van der Waals surface area contributed by atoms with E-state index < -0.39 is 49.9 Å². The zero-order valence-electron chi connectivity index (χ0n) is 26.8. The number of carbonyl (C=O) groups excluding carboxylic acids is 1. The molecule has 2 aromatic heterocycles. The molecule has 48 heavy (non-hydrogen) atoms. The molecule has 1 amide bonds. The van der Waals surface area contributed by atoms with Crippen molar-refractivity contribution in [1.82, 2.24) is 24.6 Å². The highest BCUT2D eigenvalue weighted by molar-refractivity contribution is 6.76. The normalized spacial score (nSPS) is 17.2. The van der Waals surface area contributed by atoms with Gasteiger partial charge in [-0.15, -0.1) is 5.10 Å². The molecule has 17 heteroatoms. The highest BCUT2D eigenvalue weighted by atomic mass is 28.3. The van der Waals surface area contributed by atoms with Gasteiger partial charge in [0.1, 0.15) is 12.3 Å². The smallest absolute Gasteiger partial charge is 0.359 e. The molecule has 10 nitrogen and oxygen atoms in total. The summed E-state index contributed by atoms with van der Waals surface area (Å²) in [5.41, 5.74) is -2.07. The second-order valence-corrected chi connectivity index (χ2v) is 18.7. The maximum absolute atomic E-state index is 14.1. The zero-order valence-corrected chi connectivity index (χ0v) is 27.8. The van der Waals surface area contributed by atoms with Crippen LogP contribution in [0.3, 0.4) is 0 Å². The van der Waals surface area contributed by atoms with Crippen LogP contribution in [0.25, 0.3) is 0 Å². The number of rotatable bonds is 10. The lowest BCUT2D eigenvalue weighted by Gasteiger charge is -2.35. The first kappa shape index (κ1) is 35.3. The number of fused-ring (bicyclic) bond motifs is 1. The molecule has 0 aliphatic carbocycles. The molecule has 1 atom stereocenters. The molecule has 1 aromatic carbocycles. The van der Waals surface area contributed by atoms with Crippen LogP contribution < -0.4 is 15.4 Å². The topological polar surface area (TPSA) is 96.7 Å². The Bertz CT molecular complexity index is 1650. The summed E-state index contributed by atoms with van der Waals surface area (Å²) in [4.78, 5) is 38.8. The number of ether oxygens (including phenoxy) is 1. The predicted molar refractivity (Wildman–Crippen MR) is 169 cm³/mol. The lowest BCUT2D eigenvalue weighted by atomic mass is 10.1. The molecular weight excluding hydrogens is 660 g/mol. The summed E-state index contributed by atoms with van der Waals surface area (Å²) in [6, 6.07) is 8.34. The molecule has 5 rings (SSSR count). The van der Waals surface area contributed by atoms with Gasteiger partial charge in [-0.3, -0.25) is 9.59 Å². The van der Waals surface area contributed by atoms with Crippen LogP contribution in [0, 0.1) is 0 Å². The number of amides is 1. The van der Waals surface area contributed by atoms with E-state index in [1.165, 1.54) is 0 Å². The van der Waals surface area contributed by atoms with E-state index in [-0.39, 0.29) is 24.1 Å². The molecule has 2 aliphatic rings. The lowest BCUT2D eigenvalue weighted by molar-refractivity contribution is -0.139. The Morgan fingerprint density at radius 1 is 0.979 bits per heavy atom. The Hall–Kier alpha value is -3.99. The number of hydrogen-bond donors (Lipinski definition) is 0. The largest absolute Gasteiger partial charge is 0.421 e. The van der Waals surface area contributed by atoms with Crippen LogP contribution in [-0.4, -0.2) is 77.5 Å². The SMILES string of the molecule is C[Si](C)(C)CCOCn1nc(N2c3ccccc3CC2CCC(=O)N2CCN(c3ncc(C(F)(F)F)cn3)CC2)cc(C(F)(F)F)c1=O. The Morgan fingerprint density at radius 2 is 1.65 bits per heavy atom. The molecule has 2 aliphatic heterocycles. The summed E-state index contributed by atoms with van der Waals surface area (Å²) in [5.74, 6) is -0.0881. The summed E-state index contributed by atoms with van der Waals surface area (Å²) in [6.45, 7) is 7.52. The van der Waals surface area contributed by atoms with Gasteiger partial charge in [-0.1, -0.05) is 37.8 Å². The number of nitrogens with zero attached hydrogens (tertiary/aromatic N) is 7. The monoisotopic (exact) mass is 697 g/mol. The first-order valence-corrected chi connectivity index (χ1v) is 19.3. The van der Waals surface area contributed by atoms with Crippen LogP contribution in [0.2, 0.25) is 25.7 Å². The molecule has 0 spiro atoms. The van der Waals surface area contributed by atoms with Crippen LogP contribution in [0.5, 0.6) is 0 Å². The molecule has 260 valence electrons. The number of anilines is 3. The standard InChI is InChI=1S/C31H37F6N7O3Si/c1-48(2,3)15-14-47-20-43-28(46)24(31(35,36)37)17-26(40-43)44-23(16-21-6-4-5-7-25(21)44)8-9-27(45)41-10-12-42(13-11-41)29-38-18-22(19-39-29)30(32,33)34/h4-7,17-19,23H,8-16,20H2,1-3H3. The highest BCUT2D eigenvalue weighted by Gasteiger charge is 2.39. The zero-order chi connectivity index (χ0) is 34.9. The van der Waals surface area contributed by atoms with Crippen molar-refractivity contribution in [3.8, 4) is 0 Å². The predicted octanol–water partition coefficient (Wildman–Crippen LogP) is 5.58. The lowest BCUT2D eigenvalue weighted by Crippen LogP contribution is -2.49. The minimum atomic E-state index is -4.92. The molecule has 1 fully saturated rings. The van der Waals surface area contributed by atoms with E-state index >= 15 is 0 Å². The quantitative estimate of drug-likeness (QED) is 0.154. The molecule has 0 bridgehead atoms. The van der Waals surface area contributed by atoms with Gasteiger partial charge in [-0.25, -0.2) is 14.6 Å². The van der Waals surface area contributed by atoms with Crippen LogP contribution in [0.1, 0.15) is 29.5 Å². The molecule has 3 aromatic rings. The summed E-state index contributed by atoms with van der Waals surface area (Å²) >= 11 is 0. The number of carbonyl (C=O) groups is 1. The van der Waals surface area contributed by atoms with Crippen molar-refractivity contribution >= 4 is 31.4 Å². The van der Waals surface area contributed by atoms with Gasteiger partial charge >= 0.3 is 12.4 Å². The molecule has 1 unspecified atom stereocenters. The molecule has 0 radical (unpaired) electrons. The van der Waals surface area contributed by atoms with E-state index in [2.05, 4.69) is 34.7 Å². The first-order valence-electron chi connectivity index (χ1n) is 15.6. The van der Waals surface area contributed by atoms with Crippen molar-refractivity contribution in [1.29, 1.82) is 0 Å². The van der Waals surface area contributed by atoms with Crippen molar-refractivity contribution in [2.75, 3.05) is 42.6 Å². The maximum Gasteiger partial charge on any atom is 0.421 e. The van der Waals surface area contributed by atoms with Crippen molar-refractivity contribution in [2.45, 2.75) is 70.1 Å². The van der Waals surface area contributed by atoms with E-state index in [1.54, 1.807) is 26.8 Å². The number of piperazine rings is 1. The third-order valence-electron chi connectivity index (χ3n) is 8.37. The fourth-order valence-corrected chi connectivity index (χ4v) is 6.46. The van der Waals surface area contributed by atoms with Gasteiger partial charge in [0.15, 0.2) is 5.82 Å². The van der Waals surface area contributed by atoms with Crippen LogP contribution >= 0.6 is 0 Å². The van der Waals surface area contributed by atoms with Crippen molar-refractivity contribution in [3.63, 3.8) is 0 Å². The van der Waals surface area contributed by atoms with Gasteiger partial charge in [0.25, 0.3) is 5.56 Å². The molecule has 4 heterocycles. The number of para-hydroxylation sites is 1. The van der Waals surface area contributed by atoms with Crippen molar-refractivity contribution in [3.05, 3.63) is 69.8 Å². The highest BCUT2D eigenvalue weighted by Crippen LogP contribution is 2.40. The van der Waals surface area contributed by atoms with Gasteiger partial charge in [0.2, 0.25) is 11.9 Å². The second-order valence-electron chi connectivity index (χ2n) is 13.1. The van der Waals surface area contributed by atoms with E-state index in [9.17, 15) is 35.9 Å². The van der Waals surface area contributed by atoms with E-state index in [4.69, 9.17) is 4.74 Å². The van der Waals surface area contributed by atoms with Gasteiger partial charge in [0, 0.05) is 77.5 Å². The number of halogens is 6. The average Bonchev–Trinajstić information content (AvgIpc) is 3.40. The second kappa shape index (κ2) is 13.9. The van der Waals surface area contributed by atoms with Crippen LogP contribution in [0.15, 0.2) is 47.5 Å². The minimum absolute atomic E-state index is 0.0664. The summed E-state index contributed by atoms with van der Waals surface area (Å²) in [7, 11) is -1.48. The summed E-state index contributed by atoms with van der Waals surface area (Å²) in [5, 5.41) is 4.33. The number of hydrogen-bond acceptors (Lipinski definition) is 8. The summed E-state index contributed by atoms with van der Waals surface area (Å²) in [6.07, 6.45) is -7.16. The average molecular weight is 698 g/mol. The van der Waals surface area contributed by atoms with Gasteiger partial charge in [0.05, 0.1) is 5.56 Å². The van der Waals surface area contributed by atoms with E-state index in [1.807, 2.05) is 12.1 Å². The van der Waals surface area contributed by atoms with Crippen molar-refractivity contribution in [2.24, 2.45) is 0 Å². The molecule has 0 N–H and O–H groups in total. The third kappa shape index (κ3) is 8.34. The Balaban J connectivity index is 1.29. The fourth-order valence-electron chi connectivity index (χ4n) is 5.70. The third-order valence-corrected chi connectivity index (χ3v) is 10.1. The van der Waals surface area contributed by atoms with Gasteiger partial charge in [-0.05, 0) is 30.5 Å². The Labute approximate surface area is 274 Å². The van der Waals surface area contributed by atoms with Crippen LogP contribution in [0.4, 0.5) is 43.8 Å². The number of benzene rings is 1. The molecule has 1 saturated heterocycles. The van der Waals surface area contributed by atoms with Gasteiger partial charge in [-0.2, -0.15) is 26.3 Å². The maximum atomic E-state index is 14.1. The molecule has 0 saturated carbocycles. The summed E-state index contributed by atoms with van der Waals surface area (Å²) < 4.78 is 87.2. The van der Waals surface area contributed by atoms with Gasteiger partial charge < -0.3 is 19.4 Å².